The highest BCUT2D eigenvalue weighted by Crippen LogP contribution is 2.71. The molecule has 0 spiro atoms. The van der Waals surface area contributed by atoms with Gasteiger partial charge in [0.1, 0.15) is 11.4 Å². The Morgan fingerprint density at radius 1 is 1.26 bits per heavy atom. The van der Waals surface area contributed by atoms with Crippen LogP contribution >= 0.6 is 0 Å². The molecule has 2 bridgehead atoms. The molecule has 2 aliphatic carbocycles. The van der Waals surface area contributed by atoms with Crippen LogP contribution in [0.3, 0.4) is 0 Å². The minimum Gasteiger partial charge on any atom is -0.384 e. The molecule has 19 heavy (non-hydrogen) atoms. The minimum absolute atomic E-state index is 0.199. The number of hydrogen-bond donors (Lipinski definition) is 1. The van der Waals surface area contributed by atoms with Gasteiger partial charge in [-0.05, 0) is 38.2 Å². The Bertz CT molecular complexity index is 529. The van der Waals surface area contributed by atoms with Crippen molar-refractivity contribution in [2.75, 3.05) is 0 Å². The predicted molar refractivity (Wildman–Crippen MR) is 74.3 cm³/mol. The van der Waals surface area contributed by atoms with Gasteiger partial charge in [0.05, 0.1) is 0 Å². The summed E-state index contributed by atoms with van der Waals surface area (Å²) in [6.45, 7) is 8.28. The van der Waals surface area contributed by atoms with Gasteiger partial charge in [-0.3, -0.25) is 0 Å². The van der Waals surface area contributed by atoms with Crippen LogP contribution in [-0.2, 0) is 5.60 Å². The summed E-state index contributed by atoms with van der Waals surface area (Å²) in [6.07, 6.45) is 3.15. The van der Waals surface area contributed by atoms with Gasteiger partial charge in [0.15, 0.2) is 0 Å². The van der Waals surface area contributed by atoms with Crippen molar-refractivity contribution < 1.29 is 9.50 Å². The molecule has 0 saturated heterocycles. The monoisotopic (exact) mass is 262 g/mol. The van der Waals surface area contributed by atoms with Crippen molar-refractivity contribution in [1.29, 1.82) is 0 Å². The van der Waals surface area contributed by atoms with Crippen LogP contribution in [0, 0.1) is 29.5 Å². The quantitative estimate of drug-likeness (QED) is 0.805. The van der Waals surface area contributed by atoms with E-state index >= 15 is 0 Å². The maximum Gasteiger partial charge on any atom is 0.129 e. The fourth-order valence-electron chi connectivity index (χ4n) is 4.85. The smallest absolute Gasteiger partial charge is 0.129 e. The van der Waals surface area contributed by atoms with E-state index in [0.717, 1.165) is 24.8 Å². The van der Waals surface area contributed by atoms with Crippen LogP contribution in [0.4, 0.5) is 4.39 Å². The first-order valence-electron chi connectivity index (χ1n) is 7.21. The minimum atomic E-state index is -1.06. The van der Waals surface area contributed by atoms with Gasteiger partial charge in [-0.25, -0.2) is 4.39 Å². The maximum atomic E-state index is 14.3. The second kappa shape index (κ2) is 3.60. The molecule has 0 heterocycles. The summed E-state index contributed by atoms with van der Waals surface area (Å²) >= 11 is 0. The molecule has 2 saturated carbocycles. The molecule has 3 atom stereocenters. The standard InChI is InChI=1S/C17H23FO/c1-11-5-6-14(18)13(9-11)17(19)15(2,3)12-7-8-16(17,4)10-12/h5-6,9,12,19H,7-8,10H2,1-4H3. The second-order valence-corrected chi connectivity index (χ2v) is 7.42. The first kappa shape index (κ1) is 13.1. The van der Waals surface area contributed by atoms with E-state index in [1.54, 1.807) is 6.07 Å². The predicted octanol–water partition coefficient (Wildman–Crippen LogP) is 4.17. The number of fused-ring (bicyclic) bond motifs is 2. The van der Waals surface area contributed by atoms with Crippen LogP contribution in [0.1, 0.15) is 51.2 Å². The van der Waals surface area contributed by atoms with E-state index in [-0.39, 0.29) is 16.6 Å². The number of aryl methyl sites for hydroxylation is 1. The van der Waals surface area contributed by atoms with E-state index in [1.165, 1.54) is 6.07 Å². The number of halogens is 1. The Morgan fingerprint density at radius 2 is 1.95 bits per heavy atom. The molecule has 1 N–H and O–H groups in total. The zero-order valence-electron chi connectivity index (χ0n) is 12.3. The number of aliphatic hydroxyl groups is 1. The Kier molecular flexibility index (Phi) is 2.49. The lowest BCUT2D eigenvalue weighted by Gasteiger charge is -2.51. The van der Waals surface area contributed by atoms with Gasteiger partial charge in [-0.2, -0.15) is 0 Å². The lowest BCUT2D eigenvalue weighted by molar-refractivity contribution is -0.152. The van der Waals surface area contributed by atoms with Gasteiger partial charge in [0.25, 0.3) is 0 Å². The molecule has 1 aromatic rings. The summed E-state index contributed by atoms with van der Waals surface area (Å²) in [7, 11) is 0. The Hall–Kier alpha value is -0.890. The fourth-order valence-corrected chi connectivity index (χ4v) is 4.85. The molecular weight excluding hydrogens is 239 g/mol. The molecule has 3 rings (SSSR count). The number of benzene rings is 1. The molecule has 0 aromatic heterocycles. The van der Waals surface area contributed by atoms with Crippen LogP contribution in [0.5, 0.6) is 0 Å². The molecule has 2 heteroatoms. The van der Waals surface area contributed by atoms with Gasteiger partial charge < -0.3 is 5.11 Å². The summed E-state index contributed by atoms with van der Waals surface area (Å²) < 4.78 is 14.3. The highest BCUT2D eigenvalue weighted by atomic mass is 19.1. The van der Waals surface area contributed by atoms with Crippen molar-refractivity contribution in [3.05, 3.63) is 35.1 Å². The molecule has 1 nitrogen and oxygen atoms in total. The first-order valence-corrected chi connectivity index (χ1v) is 7.21. The van der Waals surface area contributed by atoms with Crippen LogP contribution in [0.15, 0.2) is 18.2 Å². The van der Waals surface area contributed by atoms with Gasteiger partial charge in [-0.1, -0.05) is 38.5 Å². The largest absolute Gasteiger partial charge is 0.384 e. The summed E-state index contributed by atoms with van der Waals surface area (Å²) in [5, 5.41) is 11.5. The van der Waals surface area contributed by atoms with E-state index in [9.17, 15) is 9.50 Å². The maximum absolute atomic E-state index is 14.3. The highest BCUT2D eigenvalue weighted by molar-refractivity contribution is 5.36. The van der Waals surface area contributed by atoms with E-state index < -0.39 is 5.60 Å². The third-order valence-corrected chi connectivity index (χ3v) is 6.08. The lowest BCUT2D eigenvalue weighted by Crippen LogP contribution is -2.51. The van der Waals surface area contributed by atoms with Crippen molar-refractivity contribution in [3.8, 4) is 0 Å². The third-order valence-electron chi connectivity index (χ3n) is 6.08. The zero-order chi connectivity index (χ0) is 14.1. The topological polar surface area (TPSA) is 20.2 Å². The summed E-state index contributed by atoms with van der Waals surface area (Å²) in [5.41, 5.74) is -0.0158. The van der Waals surface area contributed by atoms with Crippen molar-refractivity contribution in [3.63, 3.8) is 0 Å². The van der Waals surface area contributed by atoms with Gasteiger partial charge in [0, 0.05) is 16.4 Å². The van der Waals surface area contributed by atoms with Crippen molar-refractivity contribution >= 4 is 0 Å². The summed E-state index contributed by atoms with van der Waals surface area (Å²) in [6, 6.07) is 5.10. The van der Waals surface area contributed by atoms with Crippen molar-refractivity contribution in [2.24, 2.45) is 16.7 Å². The first-order chi connectivity index (χ1) is 8.72. The average Bonchev–Trinajstić information content (AvgIpc) is 2.80. The van der Waals surface area contributed by atoms with E-state index in [0.29, 0.717) is 11.5 Å². The Labute approximate surface area is 114 Å². The number of hydrogen-bond acceptors (Lipinski definition) is 1. The number of rotatable bonds is 1. The van der Waals surface area contributed by atoms with Gasteiger partial charge >= 0.3 is 0 Å². The lowest BCUT2D eigenvalue weighted by atomic mass is 9.57. The van der Waals surface area contributed by atoms with Crippen LogP contribution in [0.25, 0.3) is 0 Å². The molecule has 0 radical (unpaired) electrons. The second-order valence-electron chi connectivity index (χ2n) is 7.42. The van der Waals surface area contributed by atoms with E-state index in [4.69, 9.17) is 0 Å². The Morgan fingerprint density at radius 3 is 2.53 bits per heavy atom. The van der Waals surface area contributed by atoms with Gasteiger partial charge in [-0.15, -0.1) is 0 Å². The molecule has 2 aliphatic rings. The summed E-state index contributed by atoms with van der Waals surface area (Å²) in [4.78, 5) is 0. The van der Waals surface area contributed by atoms with Gasteiger partial charge in [0.2, 0.25) is 0 Å². The third kappa shape index (κ3) is 1.38. The molecule has 0 amide bonds. The van der Waals surface area contributed by atoms with Crippen LogP contribution in [-0.4, -0.2) is 5.11 Å². The normalized spacial score (nSPS) is 39.8. The molecular formula is C17H23FO. The molecule has 1 aromatic carbocycles. The van der Waals surface area contributed by atoms with Crippen molar-refractivity contribution in [1.82, 2.24) is 0 Å². The van der Waals surface area contributed by atoms with Crippen molar-refractivity contribution in [2.45, 2.75) is 52.6 Å². The van der Waals surface area contributed by atoms with Crippen LogP contribution in [0.2, 0.25) is 0 Å². The summed E-state index contributed by atoms with van der Waals surface area (Å²) in [5.74, 6) is 0.220. The zero-order valence-corrected chi connectivity index (χ0v) is 12.3. The molecule has 3 unspecified atom stereocenters. The average molecular weight is 262 g/mol. The van der Waals surface area contributed by atoms with Crippen LogP contribution < -0.4 is 0 Å². The fraction of sp³-hybridized carbons (Fsp3) is 0.647. The molecule has 2 fully saturated rings. The van der Waals surface area contributed by atoms with E-state index in [1.807, 2.05) is 13.0 Å². The molecule has 104 valence electrons. The highest BCUT2D eigenvalue weighted by Gasteiger charge is 2.69. The Balaban J connectivity index is 2.24. The molecule has 0 aliphatic heterocycles. The van der Waals surface area contributed by atoms with E-state index in [2.05, 4.69) is 20.8 Å². The SMILES string of the molecule is Cc1ccc(F)c(C2(O)C3(C)CCC(C3)C2(C)C)c1.